The van der Waals surface area contributed by atoms with Gasteiger partial charge in [-0.3, -0.25) is 0 Å². The van der Waals surface area contributed by atoms with Gasteiger partial charge in [-0.2, -0.15) is 5.26 Å². The number of nitriles is 1. The Balaban J connectivity index is 2.43. The zero-order valence-electron chi connectivity index (χ0n) is 11.2. The number of aliphatic hydroxyl groups is 1. The Morgan fingerprint density at radius 1 is 1.20 bits per heavy atom. The predicted molar refractivity (Wildman–Crippen MR) is 80.7 cm³/mol. The summed E-state index contributed by atoms with van der Waals surface area (Å²) < 4.78 is 6.84. The molecule has 20 heavy (non-hydrogen) atoms. The van der Waals surface area contributed by atoms with Gasteiger partial charge in [0.15, 0.2) is 0 Å². The minimum absolute atomic E-state index is 0.499. The highest BCUT2D eigenvalue weighted by molar-refractivity contribution is 9.10. The van der Waals surface area contributed by atoms with Crippen LogP contribution < -0.4 is 4.74 Å². The first kappa shape index (κ1) is 14.6. The molecule has 1 unspecified atom stereocenters. The molecule has 0 bridgehead atoms. The van der Waals surface area contributed by atoms with E-state index in [4.69, 9.17) is 10.00 Å². The van der Waals surface area contributed by atoms with Crippen LogP contribution in [0.15, 0.2) is 40.9 Å². The summed E-state index contributed by atoms with van der Waals surface area (Å²) in [5.41, 5.74) is 2.13. The second-order valence-electron chi connectivity index (χ2n) is 4.55. The lowest BCUT2D eigenvalue weighted by atomic mass is 10.1. The third-order valence-corrected chi connectivity index (χ3v) is 3.44. The van der Waals surface area contributed by atoms with E-state index in [9.17, 15) is 5.11 Å². The van der Waals surface area contributed by atoms with Crippen LogP contribution in [0.2, 0.25) is 0 Å². The molecule has 0 aliphatic heterocycles. The standard InChI is InChI=1S/C16H14BrNO2/c1-10-7-13(17)4-6-15(10)20-16-8-12(9-18)3-5-14(16)11(2)19/h3-8,11,19H,1-2H3. The maximum Gasteiger partial charge on any atom is 0.134 e. The van der Waals surface area contributed by atoms with Gasteiger partial charge in [-0.05, 0) is 49.7 Å². The van der Waals surface area contributed by atoms with Crippen LogP contribution >= 0.6 is 15.9 Å². The average Bonchev–Trinajstić information content (AvgIpc) is 2.41. The van der Waals surface area contributed by atoms with E-state index in [1.807, 2.05) is 25.1 Å². The van der Waals surface area contributed by atoms with Gasteiger partial charge in [0, 0.05) is 10.0 Å². The number of hydrogen-bond donors (Lipinski definition) is 1. The van der Waals surface area contributed by atoms with E-state index in [2.05, 4.69) is 22.0 Å². The van der Waals surface area contributed by atoms with E-state index in [0.29, 0.717) is 22.6 Å². The summed E-state index contributed by atoms with van der Waals surface area (Å²) in [7, 11) is 0. The molecule has 2 aromatic rings. The second-order valence-corrected chi connectivity index (χ2v) is 5.47. The number of benzene rings is 2. The first-order valence-corrected chi connectivity index (χ1v) is 6.96. The molecule has 0 heterocycles. The molecule has 2 aromatic carbocycles. The maximum atomic E-state index is 9.79. The Labute approximate surface area is 126 Å². The molecule has 0 saturated heterocycles. The molecule has 0 spiro atoms. The molecule has 0 fully saturated rings. The zero-order chi connectivity index (χ0) is 14.7. The van der Waals surface area contributed by atoms with Crippen molar-refractivity contribution in [2.45, 2.75) is 20.0 Å². The molecule has 0 amide bonds. The molecule has 1 atom stereocenters. The first-order valence-electron chi connectivity index (χ1n) is 6.17. The van der Waals surface area contributed by atoms with Crippen molar-refractivity contribution < 1.29 is 9.84 Å². The van der Waals surface area contributed by atoms with Crippen molar-refractivity contribution in [2.24, 2.45) is 0 Å². The van der Waals surface area contributed by atoms with Gasteiger partial charge in [0.25, 0.3) is 0 Å². The summed E-state index contributed by atoms with van der Waals surface area (Å²) in [5, 5.41) is 18.8. The van der Waals surface area contributed by atoms with Crippen molar-refractivity contribution >= 4 is 15.9 Å². The minimum atomic E-state index is -0.659. The topological polar surface area (TPSA) is 53.2 Å². The van der Waals surface area contributed by atoms with Gasteiger partial charge in [-0.15, -0.1) is 0 Å². The van der Waals surface area contributed by atoms with Crippen molar-refractivity contribution in [2.75, 3.05) is 0 Å². The number of rotatable bonds is 3. The van der Waals surface area contributed by atoms with Crippen molar-refractivity contribution in [3.05, 3.63) is 57.6 Å². The van der Waals surface area contributed by atoms with E-state index in [1.165, 1.54) is 0 Å². The van der Waals surface area contributed by atoms with Gasteiger partial charge in [0.05, 0.1) is 17.7 Å². The minimum Gasteiger partial charge on any atom is -0.457 e. The highest BCUT2D eigenvalue weighted by Crippen LogP contribution is 2.33. The van der Waals surface area contributed by atoms with Crippen LogP contribution in [-0.4, -0.2) is 5.11 Å². The largest absolute Gasteiger partial charge is 0.457 e. The number of hydrogen-bond acceptors (Lipinski definition) is 3. The Hall–Kier alpha value is -1.83. The van der Waals surface area contributed by atoms with Gasteiger partial charge >= 0.3 is 0 Å². The lowest BCUT2D eigenvalue weighted by Crippen LogP contribution is -1.97. The average molecular weight is 332 g/mol. The van der Waals surface area contributed by atoms with Gasteiger partial charge in [-0.1, -0.05) is 22.0 Å². The van der Waals surface area contributed by atoms with Crippen LogP contribution in [0.4, 0.5) is 0 Å². The fourth-order valence-corrected chi connectivity index (χ4v) is 2.36. The van der Waals surface area contributed by atoms with E-state index in [1.54, 1.807) is 25.1 Å². The van der Waals surface area contributed by atoms with Crippen LogP contribution in [-0.2, 0) is 0 Å². The lowest BCUT2D eigenvalue weighted by molar-refractivity contribution is 0.195. The van der Waals surface area contributed by atoms with E-state index in [-0.39, 0.29) is 0 Å². The smallest absolute Gasteiger partial charge is 0.134 e. The third kappa shape index (κ3) is 3.19. The number of aliphatic hydroxyl groups excluding tert-OH is 1. The number of aryl methyl sites for hydroxylation is 1. The SMILES string of the molecule is Cc1cc(Br)ccc1Oc1cc(C#N)ccc1C(C)O. The molecule has 4 heteroatoms. The van der Waals surface area contributed by atoms with E-state index < -0.39 is 6.10 Å². The summed E-state index contributed by atoms with van der Waals surface area (Å²) in [6.45, 7) is 3.61. The molecule has 0 saturated carbocycles. The lowest BCUT2D eigenvalue weighted by Gasteiger charge is -2.15. The van der Waals surface area contributed by atoms with Crippen LogP contribution in [0, 0.1) is 18.3 Å². The van der Waals surface area contributed by atoms with Crippen LogP contribution in [0.1, 0.15) is 29.7 Å². The van der Waals surface area contributed by atoms with Crippen molar-refractivity contribution in [3.8, 4) is 17.6 Å². The Kier molecular flexibility index (Phi) is 4.43. The molecule has 2 rings (SSSR count). The molecule has 0 aliphatic rings. The Morgan fingerprint density at radius 3 is 2.55 bits per heavy atom. The highest BCUT2D eigenvalue weighted by Gasteiger charge is 2.12. The summed E-state index contributed by atoms with van der Waals surface area (Å²) in [5.74, 6) is 1.20. The van der Waals surface area contributed by atoms with Crippen molar-refractivity contribution in [1.29, 1.82) is 5.26 Å². The predicted octanol–water partition coefficient (Wildman–Crippen LogP) is 4.47. The summed E-state index contributed by atoms with van der Waals surface area (Å²) in [4.78, 5) is 0. The van der Waals surface area contributed by atoms with Gasteiger partial charge in [0.2, 0.25) is 0 Å². The Morgan fingerprint density at radius 2 is 1.95 bits per heavy atom. The van der Waals surface area contributed by atoms with E-state index >= 15 is 0 Å². The molecule has 3 nitrogen and oxygen atoms in total. The zero-order valence-corrected chi connectivity index (χ0v) is 12.8. The van der Waals surface area contributed by atoms with E-state index in [0.717, 1.165) is 10.0 Å². The summed E-state index contributed by atoms with van der Waals surface area (Å²) >= 11 is 3.40. The van der Waals surface area contributed by atoms with Gasteiger partial charge < -0.3 is 9.84 Å². The third-order valence-electron chi connectivity index (χ3n) is 2.95. The summed E-state index contributed by atoms with van der Waals surface area (Å²) in [6, 6.07) is 12.8. The fraction of sp³-hybridized carbons (Fsp3) is 0.188. The normalized spacial score (nSPS) is 11.8. The highest BCUT2D eigenvalue weighted by atomic mass is 79.9. The Bertz CT molecular complexity index is 675. The van der Waals surface area contributed by atoms with Gasteiger partial charge in [0.1, 0.15) is 11.5 Å². The first-order chi connectivity index (χ1) is 9.51. The molecular weight excluding hydrogens is 318 g/mol. The molecule has 0 aliphatic carbocycles. The molecule has 1 N–H and O–H groups in total. The fourth-order valence-electron chi connectivity index (χ4n) is 1.88. The van der Waals surface area contributed by atoms with Crippen LogP contribution in [0.5, 0.6) is 11.5 Å². The molecular formula is C16H14BrNO2. The van der Waals surface area contributed by atoms with Crippen LogP contribution in [0.25, 0.3) is 0 Å². The number of nitrogens with zero attached hydrogens (tertiary/aromatic N) is 1. The second kappa shape index (κ2) is 6.08. The van der Waals surface area contributed by atoms with Crippen molar-refractivity contribution in [1.82, 2.24) is 0 Å². The van der Waals surface area contributed by atoms with Gasteiger partial charge in [-0.25, -0.2) is 0 Å². The van der Waals surface area contributed by atoms with Crippen LogP contribution in [0.3, 0.4) is 0 Å². The van der Waals surface area contributed by atoms with Crippen molar-refractivity contribution in [3.63, 3.8) is 0 Å². The number of ether oxygens (including phenoxy) is 1. The maximum absolute atomic E-state index is 9.79. The summed E-state index contributed by atoms with van der Waals surface area (Å²) in [6.07, 6.45) is -0.659. The monoisotopic (exact) mass is 331 g/mol. The molecule has 0 radical (unpaired) electrons. The molecule has 102 valence electrons. The molecule has 0 aromatic heterocycles. The number of halogens is 1. The quantitative estimate of drug-likeness (QED) is 0.902.